The monoisotopic (exact) mass is 341 g/mol. The molecule has 0 saturated heterocycles. The van der Waals surface area contributed by atoms with Crippen molar-refractivity contribution >= 4 is 15.9 Å². The van der Waals surface area contributed by atoms with Gasteiger partial charge < -0.3 is 14.8 Å². The molecule has 1 aromatic rings. The third-order valence-electron chi connectivity index (χ3n) is 3.91. The summed E-state index contributed by atoms with van der Waals surface area (Å²) in [6.45, 7) is 4.36. The van der Waals surface area contributed by atoms with E-state index in [0.29, 0.717) is 19.3 Å². The number of methoxy groups -OCH3 is 1. The summed E-state index contributed by atoms with van der Waals surface area (Å²) in [6.07, 6.45) is 4.04. The second-order valence-electron chi connectivity index (χ2n) is 5.26. The Kier molecular flexibility index (Phi) is 6.33. The molecule has 0 heterocycles. The maximum Gasteiger partial charge on any atom is 0.133 e. The van der Waals surface area contributed by atoms with Gasteiger partial charge >= 0.3 is 0 Å². The van der Waals surface area contributed by atoms with E-state index in [1.165, 1.54) is 24.8 Å². The van der Waals surface area contributed by atoms with Gasteiger partial charge in [0, 0.05) is 13.2 Å². The highest BCUT2D eigenvalue weighted by Crippen LogP contribution is 2.39. The molecular weight excluding hydrogens is 318 g/mol. The molecular formula is C16H24BrNO2. The minimum Gasteiger partial charge on any atom is -0.490 e. The van der Waals surface area contributed by atoms with Crippen LogP contribution in [0, 0.1) is 5.92 Å². The number of benzene rings is 1. The maximum atomic E-state index is 5.68. The van der Waals surface area contributed by atoms with Gasteiger partial charge in [-0.2, -0.15) is 0 Å². The number of halogens is 1. The molecule has 0 bridgehead atoms. The summed E-state index contributed by atoms with van der Waals surface area (Å²) in [5.41, 5.74) is 1.35. The van der Waals surface area contributed by atoms with Gasteiger partial charge in [0.15, 0.2) is 0 Å². The standard InChI is InChI=1S/C16H24BrNO2/c1-3-18-16(12-5-4-6-12)13-7-8-15(14(17)11-13)20-10-9-19-2/h7-8,11-12,16,18H,3-6,9-10H2,1-2H3. The van der Waals surface area contributed by atoms with Gasteiger partial charge in [-0.1, -0.05) is 19.4 Å². The summed E-state index contributed by atoms with van der Waals surface area (Å²) < 4.78 is 11.7. The fourth-order valence-corrected chi connectivity index (χ4v) is 3.12. The molecule has 1 aliphatic rings. The van der Waals surface area contributed by atoms with Crippen LogP contribution < -0.4 is 10.1 Å². The van der Waals surface area contributed by atoms with Crippen LogP contribution >= 0.6 is 15.9 Å². The molecule has 1 N–H and O–H groups in total. The molecule has 1 unspecified atom stereocenters. The minimum absolute atomic E-state index is 0.470. The highest BCUT2D eigenvalue weighted by Gasteiger charge is 2.28. The molecule has 0 radical (unpaired) electrons. The Bertz CT molecular complexity index is 421. The minimum atomic E-state index is 0.470. The molecule has 20 heavy (non-hydrogen) atoms. The lowest BCUT2D eigenvalue weighted by atomic mass is 9.77. The number of hydrogen-bond acceptors (Lipinski definition) is 3. The van der Waals surface area contributed by atoms with Crippen LogP contribution in [-0.4, -0.2) is 26.9 Å². The molecule has 4 heteroatoms. The molecule has 0 spiro atoms. The zero-order valence-electron chi connectivity index (χ0n) is 12.3. The van der Waals surface area contributed by atoms with Gasteiger partial charge in [0.05, 0.1) is 11.1 Å². The summed E-state index contributed by atoms with van der Waals surface area (Å²) in [5, 5.41) is 3.62. The van der Waals surface area contributed by atoms with Crippen molar-refractivity contribution in [2.24, 2.45) is 5.92 Å². The topological polar surface area (TPSA) is 30.5 Å². The van der Waals surface area contributed by atoms with Crippen LogP contribution in [0.25, 0.3) is 0 Å². The smallest absolute Gasteiger partial charge is 0.133 e. The molecule has 1 saturated carbocycles. The van der Waals surface area contributed by atoms with Crippen molar-refractivity contribution in [2.75, 3.05) is 26.9 Å². The lowest BCUT2D eigenvalue weighted by molar-refractivity contribution is 0.146. The zero-order valence-corrected chi connectivity index (χ0v) is 13.9. The van der Waals surface area contributed by atoms with Crippen molar-refractivity contribution in [1.82, 2.24) is 5.32 Å². The van der Waals surface area contributed by atoms with E-state index in [4.69, 9.17) is 9.47 Å². The summed E-state index contributed by atoms with van der Waals surface area (Å²) in [4.78, 5) is 0. The highest BCUT2D eigenvalue weighted by molar-refractivity contribution is 9.10. The van der Waals surface area contributed by atoms with Crippen LogP contribution in [0.5, 0.6) is 5.75 Å². The normalized spacial score (nSPS) is 16.8. The Balaban J connectivity index is 2.05. The van der Waals surface area contributed by atoms with Gasteiger partial charge in [-0.15, -0.1) is 0 Å². The Hall–Kier alpha value is -0.580. The first-order valence-corrected chi connectivity index (χ1v) is 8.20. The lowest BCUT2D eigenvalue weighted by Gasteiger charge is -2.34. The average Bonchev–Trinajstić information content (AvgIpc) is 2.38. The first-order valence-electron chi connectivity index (χ1n) is 7.40. The number of rotatable bonds is 8. The molecule has 2 rings (SSSR count). The Labute approximate surface area is 130 Å². The van der Waals surface area contributed by atoms with Crippen molar-refractivity contribution in [2.45, 2.75) is 32.2 Å². The SMILES string of the molecule is CCNC(c1ccc(OCCOC)c(Br)c1)C1CCC1. The summed E-state index contributed by atoms with van der Waals surface area (Å²) in [5.74, 6) is 1.66. The maximum absolute atomic E-state index is 5.68. The van der Waals surface area contributed by atoms with E-state index < -0.39 is 0 Å². The fraction of sp³-hybridized carbons (Fsp3) is 0.625. The summed E-state index contributed by atoms with van der Waals surface area (Å²) in [6, 6.07) is 6.89. The summed E-state index contributed by atoms with van der Waals surface area (Å²) in [7, 11) is 1.68. The van der Waals surface area contributed by atoms with E-state index in [-0.39, 0.29) is 0 Å². The zero-order chi connectivity index (χ0) is 14.4. The Morgan fingerprint density at radius 1 is 1.35 bits per heavy atom. The molecule has 3 nitrogen and oxygen atoms in total. The van der Waals surface area contributed by atoms with Gasteiger partial charge in [0.25, 0.3) is 0 Å². The lowest BCUT2D eigenvalue weighted by Crippen LogP contribution is -2.32. The van der Waals surface area contributed by atoms with Crippen molar-refractivity contribution in [1.29, 1.82) is 0 Å². The number of hydrogen-bond donors (Lipinski definition) is 1. The first kappa shape index (κ1) is 15.8. The van der Waals surface area contributed by atoms with E-state index >= 15 is 0 Å². The fourth-order valence-electron chi connectivity index (χ4n) is 2.61. The molecule has 1 aliphatic carbocycles. The third kappa shape index (κ3) is 3.96. The van der Waals surface area contributed by atoms with Gasteiger partial charge in [-0.3, -0.25) is 0 Å². The van der Waals surface area contributed by atoms with E-state index in [1.54, 1.807) is 7.11 Å². The van der Waals surface area contributed by atoms with Crippen LogP contribution in [0.1, 0.15) is 37.8 Å². The van der Waals surface area contributed by atoms with Crippen LogP contribution in [0.15, 0.2) is 22.7 Å². The van der Waals surface area contributed by atoms with Crippen LogP contribution in [0.4, 0.5) is 0 Å². The van der Waals surface area contributed by atoms with Gasteiger partial charge in [0.2, 0.25) is 0 Å². The van der Waals surface area contributed by atoms with Gasteiger partial charge in [-0.25, -0.2) is 0 Å². The molecule has 1 atom stereocenters. The molecule has 1 aromatic carbocycles. The Morgan fingerprint density at radius 3 is 2.70 bits per heavy atom. The molecule has 0 aromatic heterocycles. The predicted octanol–water partition coefficient (Wildman–Crippen LogP) is 3.93. The average molecular weight is 342 g/mol. The van der Waals surface area contributed by atoms with E-state index in [2.05, 4.69) is 46.4 Å². The van der Waals surface area contributed by atoms with E-state index in [0.717, 1.165) is 22.7 Å². The van der Waals surface area contributed by atoms with E-state index in [9.17, 15) is 0 Å². The van der Waals surface area contributed by atoms with Crippen LogP contribution in [0.3, 0.4) is 0 Å². The van der Waals surface area contributed by atoms with Gasteiger partial charge in [-0.05, 0) is 58.9 Å². The van der Waals surface area contributed by atoms with Crippen molar-refractivity contribution in [3.63, 3.8) is 0 Å². The third-order valence-corrected chi connectivity index (χ3v) is 4.53. The molecule has 0 aliphatic heterocycles. The summed E-state index contributed by atoms with van der Waals surface area (Å²) >= 11 is 3.61. The molecule has 112 valence electrons. The van der Waals surface area contributed by atoms with Crippen molar-refractivity contribution < 1.29 is 9.47 Å². The van der Waals surface area contributed by atoms with Gasteiger partial charge in [0.1, 0.15) is 12.4 Å². The predicted molar refractivity (Wildman–Crippen MR) is 85.3 cm³/mol. The second kappa shape index (κ2) is 8.01. The second-order valence-corrected chi connectivity index (χ2v) is 6.11. The van der Waals surface area contributed by atoms with Crippen molar-refractivity contribution in [3.05, 3.63) is 28.2 Å². The number of ether oxygens (including phenoxy) is 2. The molecule has 1 fully saturated rings. The van der Waals surface area contributed by atoms with Crippen LogP contribution in [0.2, 0.25) is 0 Å². The van der Waals surface area contributed by atoms with Crippen molar-refractivity contribution in [3.8, 4) is 5.75 Å². The van der Waals surface area contributed by atoms with E-state index in [1.807, 2.05) is 0 Å². The quantitative estimate of drug-likeness (QED) is 0.727. The highest BCUT2D eigenvalue weighted by atomic mass is 79.9. The first-order chi connectivity index (χ1) is 9.76. The largest absolute Gasteiger partial charge is 0.490 e. The Morgan fingerprint density at radius 2 is 2.15 bits per heavy atom. The number of nitrogens with one attached hydrogen (secondary N) is 1. The van der Waals surface area contributed by atoms with Crippen LogP contribution in [-0.2, 0) is 4.74 Å². The molecule has 0 amide bonds.